The molecule has 1 fully saturated rings. The van der Waals surface area contributed by atoms with E-state index in [0.717, 1.165) is 13.1 Å². The van der Waals surface area contributed by atoms with E-state index in [4.69, 9.17) is 4.84 Å². The highest BCUT2D eigenvalue weighted by Crippen LogP contribution is 2.06. The lowest BCUT2D eigenvalue weighted by Crippen LogP contribution is -2.19. The number of hydrogen-bond acceptors (Lipinski definition) is 2. The highest BCUT2D eigenvalue weighted by atomic mass is 16.7. The van der Waals surface area contributed by atoms with Crippen LogP contribution >= 0.6 is 0 Å². The lowest BCUT2D eigenvalue weighted by Gasteiger charge is -2.11. The van der Waals surface area contributed by atoms with Gasteiger partial charge in [0.1, 0.15) is 0 Å². The highest BCUT2D eigenvalue weighted by Gasteiger charge is 2.09. The summed E-state index contributed by atoms with van der Waals surface area (Å²) in [5.74, 6) is 0. The average Bonchev–Trinajstić information content (AvgIpc) is 2.34. The van der Waals surface area contributed by atoms with Crippen LogP contribution in [0.4, 0.5) is 0 Å². The van der Waals surface area contributed by atoms with Crippen molar-refractivity contribution in [3.8, 4) is 0 Å². The molecule has 1 aliphatic rings. The van der Waals surface area contributed by atoms with Crippen molar-refractivity contribution in [2.24, 2.45) is 0 Å². The monoisotopic (exact) mass is 127 g/mol. The van der Waals surface area contributed by atoms with Gasteiger partial charge in [0.2, 0.25) is 0 Å². The van der Waals surface area contributed by atoms with Gasteiger partial charge in [-0.25, -0.2) is 0 Å². The molecule has 52 valence electrons. The zero-order valence-corrected chi connectivity index (χ0v) is 5.68. The van der Waals surface area contributed by atoms with E-state index >= 15 is 0 Å². The van der Waals surface area contributed by atoms with Gasteiger partial charge >= 0.3 is 0 Å². The Morgan fingerprint density at radius 1 is 1.44 bits per heavy atom. The van der Waals surface area contributed by atoms with Gasteiger partial charge in [0.15, 0.2) is 0 Å². The minimum atomic E-state index is 0.653. The molecule has 0 aliphatic carbocycles. The third-order valence-corrected chi connectivity index (χ3v) is 1.44. The molecule has 0 N–H and O–H groups in total. The van der Waals surface area contributed by atoms with E-state index in [1.807, 2.05) is 5.06 Å². The van der Waals surface area contributed by atoms with Crippen LogP contribution in [0.5, 0.6) is 0 Å². The number of rotatable bonds is 3. The van der Waals surface area contributed by atoms with Crippen LogP contribution in [0.1, 0.15) is 12.8 Å². The first-order valence-corrected chi connectivity index (χ1v) is 3.42. The molecule has 0 saturated carbocycles. The second kappa shape index (κ2) is 3.64. The summed E-state index contributed by atoms with van der Waals surface area (Å²) < 4.78 is 0. The van der Waals surface area contributed by atoms with E-state index < -0.39 is 0 Å². The van der Waals surface area contributed by atoms with Crippen LogP contribution in [0, 0.1) is 0 Å². The fraction of sp³-hybridized carbons (Fsp3) is 0.714. The molecule has 2 nitrogen and oxygen atoms in total. The summed E-state index contributed by atoms with van der Waals surface area (Å²) in [6, 6.07) is 0. The molecule has 0 unspecified atom stereocenters. The molecular weight excluding hydrogens is 114 g/mol. The van der Waals surface area contributed by atoms with Crippen molar-refractivity contribution >= 4 is 0 Å². The maximum absolute atomic E-state index is 5.27. The molecule has 2 heteroatoms. The first-order valence-electron chi connectivity index (χ1n) is 3.42. The molecule has 0 radical (unpaired) electrons. The molecule has 0 aromatic rings. The maximum Gasteiger partial charge on any atom is 0.0864 e. The first kappa shape index (κ1) is 6.78. The van der Waals surface area contributed by atoms with E-state index in [0.29, 0.717) is 6.61 Å². The number of nitrogens with zero attached hydrogens (tertiary/aromatic N) is 1. The van der Waals surface area contributed by atoms with E-state index in [9.17, 15) is 0 Å². The Bertz CT molecular complexity index is 86.9. The Hall–Kier alpha value is -0.340. The quantitative estimate of drug-likeness (QED) is 0.528. The minimum Gasteiger partial charge on any atom is -0.295 e. The lowest BCUT2D eigenvalue weighted by molar-refractivity contribution is -0.130. The fourth-order valence-corrected chi connectivity index (χ4v) is 0.975. The van der Waals surface area contributed by atoms with E-state index in [1.165, 1.54) is 12.8 Å². The third-order valence-electron chi connectivity index (χ3n) is 1.44. The molecule has 9 heavy (non-hydrogen) atoms. The average molecular weight is 127 g/mol. The Morgan fingerprint density at radius 2 is 2.11 bits per heavy atom. The van der Waals surface area contributed by atoms with Crippen molar-refractivity contribution < 1.29 is 4.84 Å². The molecule has 1 aliphatic heterocycles. The van der Waals surface area contributed by atoms with E-state index in [-0.39, 0.29) is 0 Å². The summed E-state index contributed by atoms with van der Waals surface area (Å²) in [5.41, 5.74) is 0. The van der Waals surface area contributed by atoms with Crippen molar-refractivity contribution in [3.05, 3.63) is 12.7 Å². The SMILES string of the molecule is C=CCON1CCCC1. The maximum atomic E-state index is 5.27. The van der Waals surface area contributed by atoms with Gasteiger partial charge in [-0.1, -0.05) is 6.08 Å². The predicted octanol–water partition coefficient (Wildman–Crippen LogP) is 1.20. The van der Waals surface area contributed by atoms with Crippen LogP contribution < -0.4 is 0 Å². The van der Waals surface area contributed by atoms with E-state index in [1.54, 1.807) is 6.08 Å². The van der Waals surface area contributed by atoms with Gasteiger partial charge in [0, 0.05) is 13.1 Å². The minimum absolute atomic E-state index is 0.653. The van der Waals surface area contributed by atoms with Crippen molar-refractivity contribution in [1.29, 1.82) is 0 Å². The molecule has 1 saturated heterocycles. The van der Waals surface area contributed by atoms with Gasteiger partial charge in [-0.15, -0.1) is 6.58 Å². The smallest absolute Gasteiger partial charge is 0.0864 e. The summed E-state index contributed by atoms with van der Waals surface area (Å²) in [5, 5.41) is 2.00. The van der Waals surface area contributed by atoms with Gasteiger partial charge in [-0.2, -0.15) is 5.06 Å². The van der Waals surface area contributed by atoms with Gasteiger partial charge < -0.3 is 0 Å². The Balaban J connectivity index is 2.04. The van der Waals surface area contributed by atoms with Gasteiger partial charge in [-0.05, 0) is 12.8 Å². The standard InChI is InChI=1S/C7H13NO/c1-2-7-9-8-5-3-4-6-8/h2H,1,3-7H2. The molecule has 0 amide bonds. The summed E-state index contributed by atoms with van der Waals surface area (Å²) in [4.78, 5) is 5.27. The molecule has 0 bridgehead atoms. The highest BCUT2D eigenvalue weighted by molar-refractivity contribution is 4.65. The van der Waals surface area contributed by atoms with Crippen molar-refractivity contribution in [2.75, 3.05) is 19.7 Å². The van der Waals surface area contributed by atoms with Crippen LogP contribution in [0.3, 0.4) is 0 Å². The molecule has 1 rings (SSSR count). The number of hydrogen-bond donors (Lipinski definition) is 0. The second-order valence-electron chi connectivity index (χ2n) is 2.22. The Kier molecular flexibility index (Phi) is 2.74. The van der Waals surface area contributed by atoms with Gasteiger partial charge in [0.05, 0.1) is 6.61 Å². The lowest BCUT2D eigenvalue weighted by atomic mass is 10.4. The molecule has 0 atom stereocenters. The zero-order chi connectivity index (χ0) is 6.53. The Morgan fingerprint density at radius 3 is 2.67 bits per heavy atom. The Labute approximate surface area is 56.1 Å². The van der Waals surface area contributed by atoms with Crippen molar-refractivity contribution in [2.45, 2.75) is 12.8 Å². The molecule has 0 aromatic heterocycles. The van der Waals surface area contributed by atoms with Crippen LogP contribution in [-0.2, 0) is 4.84 Å². The van der Waals surface area contributed by atoms with Crippen LogP contribution in [0.2, 0.25) is 0 Å². The van der Waals surface area contributed by atoms with Crippen molar-refractivity contribution in [1.82, 2.24) is 5.06 Å². The van der Waals surface area contributed by atoms with E-state index in [2.05, 4.69) is 6.58 Å². The molecule has 0 aromatic carbocycles. The van der Waals surface area contributed by atoms with Crippen LogP contribution in [-0.4, -0.2) is 24.8 Å². The largest absolute Gasteiger partial charge is 0.295 e. The topological polar surface area (TPSA) is 12.5 Å². The molecule has 0 spiro atoms. The molecular formula is C7H13NO. The zero-order valence-electron chi connectivity index (χ0n) is 5.68. The van der Waals surface area contributed by atoms with Gasteiger partial charge in [0.25, 0.3) is 0 Å². The predicted molar refractivity (Wildman–Crippen MR) is 37.0 cm³/mol. The normalized spacial score (nSPS) is 20.4. The van der Waals surface area contributed by atoms with Crippen LogP contribution in [0.15, 0.2) is 12.7 Å². The van der Waals surface area contributed by atoms with Gasteiger partial charge in [-0.3, -0.25) is 4.84 Å². The number of hydroxylamine groups is 2. The fourth-order valence-electron chi connectivity index (χ4n) is 0.975. The third kappa shape index (κ3) is 2.16. The summed E-state index contributed by atoms with van der Waals surface area (Å²) in [6.07, 6.45) is 4.33. The first-order chi connectivity index (χ1) is 4.43. The summed E-state index contributed by atoms with van der Waals surface area (Å²) in [6.45, 7) is 6.40. The molecule has 1 heterocycles. The van der Waals surface area contributed by atoms with Crippen molar-refractivity contribution in [3.63, 3.8) is 0 Å². The second-order valence-corrected chi connectivity index (χ2v) is 2.22. The summed E-state index contributed by atoms with van der Waals surface area (Å²) in [7, 11) is 0. The summed E-state index contributed by atoms with van der Waals surface area (Å²) >= 11 is 0. The van der Waals surface area contributed by atoms with Crippen LogP contribution in [0.25, 0.3) is 0 Å².